The first kappa shape index (κ1) is 10.4. The lowest BCUT2D eigenvalue weighted by molar-refractivity contribution is 0.485. The highest BCUT2D eigenvalue weighted by Crippen LogP contribution is 2.25. The molecular formula is C12H17N5. The molecular weight excluding hydrogens is 214 g/mol. The van der Waals surface area contributed by atoms with Gasteiger partial charge in [0.2, 0.25) is 5.95 Å². The van der Waals surface area contributed by atoms with Crippen LogP contribution in [0.3, 0.4) is 0 Å². The minimum Gasteiger partial charge on any atom is -0.369 e. The van der Waals surface area contributed by atoms with E-state index < -0.39 is 0 Å². The van der Waals surface area contributed by atoms with E-state index in [1.54, 1.807) is 4.52 Å². The molecule has 2 N–H and O–H groups in total. The van der Waals surface area contributed by atoms with Crippen molar-refractivity contribution in [3.63, 3.8) is 0 Å². The topological polar surface area (TPSA) is 59.5 Å². The van der Waals surface area contributed by atoms with Gasteiger partial charge >= 0.3 is 0 Å². The minimum atomic E-state index is 0.328. The molecule has 2 aromatic heterocycles. The van der Waals surface area contributed by atoms with Gasteiger partial charge in [-0.25, -0.2) is 4.52 Å². The van der Waals surface area contributed by atoms with Crippen LogP contribution in [0.15, 0.2) is 18.3 Å². The van der Waals surface area contributed by atoms with Crippen molar-refractivity contribution in [2.24, 2.45) is 0 Å². The van der Waals surface area contributed by atoms with Crippen LogP contribution in [-0.2, 0) is 0 Å². The zero-order valence-electron chi connectivity index (χ0n) is 10.0. The molecule has 0 aromatic carbocycles. The van der Waals surface area contributed by atoms with Crippen LogP contribution < -0.4 is 10.6 Å². The van der Waals surface area contributed by atoms with Crippen LogP contribution in [0.5, 0.6) is 0 Å². The van der Waals surface area contributed by atoms with Crippen LogP contribution in [-0.4, -0.2) is 27.2 Å². The fraction of sp³-hybridized carbons (Fsp3) is 0.500. The summed E-state index contributed by atoms with van der Waals surface area (Å²) >= 11 is 0. The Labute approximate surface area is 100 Å². The largest absolute Gasteiger partial charge is 0.369 e. The number of nitrogen functional groups attached to an aromatic ring is 1. The summed E-state index contributed by atoms with van der Waals surface area (Å²) in [7, 11) is 0. The predicted octanol–water partition coefficient (Wildman–Crippen LogP) is 1.69. The molecule has 90 valence electrons. The number of fused-ring (bicyclic) bond motifs is 1. The van der Waals surface area contributed by atoms with Crippen molar-refractivity contribution >= 4 is 17.3 Å². The first-order valence-corrected chi connectivity index (χ1v) is 6.12. The molecule has 17 heavy (non-hydrogen) atoms. The zero-order chi connectivity index (χ0) is 11.8. The van der Waals surface area contributed by atoms with E-state index in [2.05, 4.69) is 34.0 Å². The molecule has 0 amide bonds. The average Bonchev–Trinajstić information content (AvgIpc) is 2.68. The molecule has 5 nitrogen and oxygen atoms in total. The zero-order valence-corrected chi connectivity index (χ0v) is 10.0. The molecule has 3 heterocycles. The third-order valence-electron chi connectivity index (χ3n) is 3.47. The fourth-order valence-electron chi connectivity index (χ4n) is 2.55. The van der Waals surface area contributed by atoms with Crippen LogP contribution in [0.1, 0.15) is 26.2 Å². The SMILES string of the molecule is CC1CCCCN1c1ccn2nc(N)nc2c1. The molecule has 0 radical (unpaired) electrons. The Morgan fingerprint density at radius 3 is 3.12 bits per heavy atom. The minimum absolute atomic E-state index is 0.328. The summed E-state index contributed by atoms with van der Waals surface area (Å²) in [4.78, 5) is 6.64. The molecule has 1 atom stereocenters. The van der Waals surface area contributed by atoms with Crippen molar-refractivity contribution in [2.45, 2.75) is 32.2 Å². The Morgan fingerprint density at radius 2 is 2.29 bits per heavy atom. The molecule has 5 heteroatoms. The number of nitrogens with two attached hydrogens (primary N) is 1. The number of anilines is 2. The Morgan fingerprint density at radius 1 is 1.41 bits per heavy atom. The lowest BCUT2D eigenvalue weighted by Crippen LogP contribution is -2.37. The molecule has 0 saturated carbocycles. The molecule has 1 fully saturated rings. The maximum absolute atomic E-state index is 5.59. The first-order valence-electron chi connectivity index (χ1n) is 6.12. The Hall–Kier alpha value is -1.78. The van der Waals surface area contributed by atoms with Crippen molar-refractivity contribution in [3.8, 4) is 0 Å². The van der Waals surface area contributed by atoms with E-state index in [-0.39, 0.29) is 0 Å². The van der Waals surface area contributed by atoms with Crippen molar-refractivity contribution in [1.82, 2.24) is 14.6 Å². The summed E-state index contributed by atoms with van der Waals surface area (Å²) in [5.74, 6) is 0.328. The second-order valence-electron chi connectivity index (χ2n) is 4.70. The van der Waals surface area contributed by atoms with Gasteiger partial charge < -0.3 is 10.6 Å². The predicted molar refractivity (Wildman–Crippen MR) is 68.1 cm³/mol. The summed E-state index contributed by atoms with van der Waals surface area (Å²) in [5.41, 5.74) is 7.63. The van der Waals surface area contributed by atoms with Gasteiger partial charge in [-0.05, 0) is 32.3 Å². The van der Waals surface area contributed by atoms with Crippen molar-refractivity contribution < 1.29 is 0 Å². The highest BCUT2D eigenvalue weighted by atomic mass is 15.3. The standard InChI is InChI=1S/C12H17N5/c1-9-4-2-3-6-16(9)10-5-7-17-11(8-10)14-12(13)15-17/h5,7-9H,2-4,6H2,1H3,(H2,13,15). The molecule has 1 aliphatic rings. The van der Waals surface area contributed by atoms with E-state index in [1.165, 1.54) is 24.9 Å². The van der Waals surface area contributed by atoms with Gasteiger partial charge in [-0.3, -0.25) is 0 Å². The summed E-state index contributed by atoms with van der Waals surface area (Å²) in [6.45, 7) is 3.41. The van der Waals surface area contributed by atoms with Crippen LogP contribution >= 0.6 is 0 Å². The van der Waals surface area contributed by atoms with Gasteiger partial charge in [0.05, 0.1) is 0 Å². The smallest absolute Gasteiger partial charge is 0.240 e. The lowest BCUT2D eigenvalue weighted by Gasteiger charge is -2.35. The number of hydrogen-bond donors (Lipinski definition) is 1. The van der Waals surface area contributed by atoms with Gasteiger partial charge in [0.25, 0.3) is 0 Å². The van der Waals surface area contributed by atoms with Gasteiger partial charge in [-0.15, -0.1) is 5.10 Å². The summed E-state index contributed by atoms with van der Waals surface area (Å²) < 4.78 is 1.72. The number of nitrogens with zero attached hydrogens (tertiary/aromatic N) is 4. The maximum Gasteiger partial charge on any atom is 0.240 e. The summed E-state index contributed by atoms with van der Waals surface area (Å²) in [6.07, 6.45) is 5.79. The molecule has 1 saturated heterocycles. The third-order valence-corrected chi connectivity index (χ3v) is 3.47. The average molecular weight is 231 g/mol. The Balaban J connectivity index is 1.98. The quantitative estimate of drug-likeness (QED) is 0.811. The molecule has 0 spiro atoms. The van der Waals surface area contributed by atoms with E-state index in [0.29, 0.717) is 12.0 Å². The van der Waals surface area contributed by atoms with Crippen LogP contribution in [0.25, 0.3) is 5.65 Å². The molecule has 2 aromatic rings. The number of pyridine rings is 1. The van der Waals surface area contributed by atoms with Crippen molar-refractivity contribution in [2.75, 3.05) is 17.2 Å². The summed E-state index contributed by atoms with van der Waals surface area (Å²) in [5, 5.41) is 4.08. The van der Waals surface area contributed by atoms with Crippen molar-refractivity contribution in [1.29, 1.82) is 0 Å². The number of hydrogen-bond acceptors (Lipinski definition) is 4. The number of aromatic nitrogens is 3. The third kappa shape index (κ3) is 1.81. The second kappa shape index (κ2) is 3.91. The molecule has 1 aliphatic heterocycles. The van der Waals surface area contributed by atoms with E-state index in [9.17, 15) is 0 Å². The Kier molecular flexibility index (Phi) is 2.39. The molecule has 0 bridgehead atoms. The highest BCUT2D eigenvalue weighted by molar-refractivity contribution is 5.57. The highest BCUT2D eigenvalue weighted by Gasteiger charge is 2.18. The number of rotatable bonds is 1. The lowest BCUT2D eigenvalue weighted by atomic mass is 10.0. The number of piperidine rings is 1. The van der Waals surface area contributed by atoms with Gasteiger partial charge in [0.1, 0.15) is 0 Å². The van der Waals surface area contributed by atoms with E-state index in [1.807, 2.05) is 6.20 Å². The van der Waals surface area contributed by atoms with Gasteiger partial charge in [-0.1, -0.05) is 0 Å². The maximum atomic E-state index is 5.59. The van der Waals surface area contributed by atoms with E-state index in [0.717, 1.165) is 12.2 Å². The van der Waals surface area contributed by atoms with Gasteiger partial charge in [0, 0.05) is 30.5 Å². The molecule has 0 aliphatic carbocycles. The normalized spacial score (nSPS) is 21.0. The van der Waals surface area contributed by atoms with Gasteiger partial charge in [-0.2, -0.15) is 4.98 Å². The van der Waals surface area contributed by atoms with E-state index >= 15 is 0 Å². The second-order valence-corrected chi connectivity index (χ2v) is 4.70. The van der Waals surface area contributed by atoms with Gasteiger partial charge in [0.15, 0.2) is 5.65 Å². The summed E-state index contributed by atoms with van der Waals surface area (Å²) in [6, 6.07) is 4.75. The monoisotopic (exact) mass is 231 g/mol. The van der Waals surface area contributed by atoms with Crippen LogP contribution in [0.4, 0.5) is 11.6 Å². The Bertz CT molecular complexity index is 533. The fourth-order valence-corrected chi connectivity index (χ4v) is 2.55. The molecule has 3 rings (SSSR count). The van der Waals surface area contributed by atoms with Crippen LogP contribution in [0, 0.1) is 0 Å². The molecule has 1 unspecified atom stereocenters. The first-order chi connectivity index (χ1) is 8.24. The van der Waals surface area contributed by atoms with Crippen LogP contribution in [0.2, 0.25) is 0 Å². The van der Waals surface area contributed by atoms with E-state index in [4.69, 9.17) is 5.73 Å². The van der Waals surface area contributed by atoms with Crippen molar-refractivity contribution in [3.05, 3.63) is 18.3 Å².